The lowest BCUT2D eigenvalue weighted by Gasteiger charge is -2.14. The molecule has 2 aromatic rings. The summed E-state index contributed by atoms with van der Waals surface area (Å²) in [6.07, 6.45) is 0. The lowest BCUT2D eigenvalue weighted by molar-refractivity contribution is 0.100. The van der Waals surface area contributed by atoms with E-state index in [-0.39, 0.29) is 6.04 Å². The maximum absolute atomic E-state index is 11.1. The molecule has 3 N–H and O–H groups in total. The number of nitrogens with one attached hydrogen (secondary N) is 1. The minimum atomic E-state index is -0.533. The van der Waals surface area contributed by atoms with Crippen LogP contribution in [0.1, 0.15) is 28.2 Å². The van der Waals surface area contributed by atoms with Gasteiger partial charge in [-0.3, -0.25) is 4.79 Å². The van der Waals surface area contributed by atoms with Crippen molar-refractivity contribution in [1.82, 2.24) is 0 Å². The van der Waals surface area contributed by atoms with E-state index in [1.165, 1.54) is 11.3 Å². The number of carbonyl (C=O) groups excluding carboxylic acids is 1. The van der Waals surface area contributed by atoms with Gasteiger partial charge in [0.15, 0.2) is 0 Å². The lowest BCUT2D eigenvalue weighted by atomic mass is 10.2. The van der Waals surface area contributed by atoms with Crippen LogP contribution < -0.4 is 11.1 Å². The summed E-state index contributed by atoms with van der Waals surface area (Å²) in [5.41, 5.74) is 6.35. The normalized spacial score (nSPS) is 12.2. The number of carbonyl (C=O) groups is 1. The van der Waals surface area contributed by atoms with Crippen LogP contribution in [0.4, 0.5) is 5.69 Å². The molecule has 0 radical (unpaired) electrons. The topological polar surface area (TPSA) is 55.1 Å². The molecular formula is C13H12Cl2N2OS. The molecule has 0 aliphatic rings. The Labute approximate surface area is 125 Å². The van der Waals surface area contributed by atoms with Gasteiger partial charge in [0.25, 0.3) is 0 Å². The fourth-order valence-electron chi connectivity index (χ4n) is 1.69. The van der Waals surface area contributed by atoms with Crippen LogP contribution in [0.2, 0.25) is 9.36 Å². The van der Waals surface area contributed by atoms with Gasteiger partial charge in [-0.25, -0.2) is 0 Å². The molecule has 1 heterocycles. The van der Waals surface area contributed by atoms with Crippen molar-refractivity contribution in [2.75, 3.05) is 5.32 Å². The Bertz CT molecular complexity index is 612. The Morgan fingerprint density at radius 1 is 1.32 bits per heavy atom. The zero-order valence-electron chi connectivity index (χ0n) is 10.1. The summed E-state index contributed by atoms with van der Waals surface area (Å²) in [7, 11) is 0. The van der Waals surface area contributed by atoms with E-state index in [0.29, 0.717) is 10.6 Å². The standard InChI is InChI=1S/C13H12Cl2N2OS/c1-7(11-4-5-12(15)19-11)17-8-2-3-9(13(16)18)10(14)6-8/h2-7,17H,1H3,(H2,16,18). The van der Waals surface area contributed by atoms with E-state index in [1.54, 1.807) is 18.2 Å². The molecule has 1 amide bonds. The van der Waals surface area contributed by atoms with Crippen molar-refractivity contribution in [1.29, 1.82) is 0 Å². The Morgan fingerprint density at radius 2 is 2.05 bits per heavy atom. The van der Waals surface area contributed by atoms with Crippen molar-refractivity contribution in [2.24, 2.45) is 5.73 Å². The second-order valence-electron chi connectivity index (χ2n) is 4.07. The Kier molecular flexibility index (Phi) is 4.34. The van der Waals surface area contributed by atoms with Crippen molar-refractivity contribution >= 4 is 46.1 Å². The summed E-state index contributed by atoms with van der Waals surface area (Å²) in [5.74, 6) is -0.533. The molecule has 0 fully saturated rings. The average Bonchev–Trinajstić information content (AvgIpc) is 2.75. The molecule has 0 aliphatic heterocycles. The number of anilines is 1. The zero-order valence-corrected chi connectivity index (χ0v) is 12.4. The predicted molar refractivity (Wildman–Crippen MR) is 81.3 cm³/mol. The SMILES string of the molecule is CC(Nc1ccc(C(N)=O)c(Cl)c1)c1ccc(Cl)s1. The summed E-state index contributed by atoms with van der Waals surface area (Å²) >= 11 is 13.4. The minimum Gasteiger partial charge on any atom is -0.378 e. The number of thiophene rings is 1. The Hall–Kier alpha value is -1.23. The number of nitrogens with two attached hydrogens (primary N) is 1. The highest BCUT2D eigenvalue weighted by Gasteiger charge is 2.11. The molecule has 3 nitrogen and oxygen atoms in total. The second-order valence-corrected chi connectivity index (χ2v) is 6.22. The third kappa shape index (κ3) is 3.41. The monoisotopic (exact) mass is 314 g/mol. The minimum absolute atomic E-state index is 0.105. The smallest absolute Gasteiger partial charge is 0.250 e. The van der Waals surface area contributed by atoms with Crippen molar-refractivity contribution < 1.29 is 4.79 Å². The Balaban J connectivity index is 2.15. The van der Waals surface area contributed by atoms with Crippen LogP contribution in [0.25, 0.3) is 0 Å². The van der Waals surface area contributed by atoms with E-state index in [2.05, 4.69) is 5.32 Å². The first-order chi connectivity index (χ1) is 8.97. The van der Waals surface area contributed by atoms with Gasteiger partial charge in [0, 0.05) is 10.6 Å². The quantitative estimate of drug-likeness (QED) is 0.882. The van der Waals surface area contributed by atoms with E-state index < -0.39 is 5.91 Å². The molecule has 1 unspecified atom stereocenters. The number of rotatable bonds is 4. The average molecular weight is 315 g/mol. The van der Waals surface area contributed by atoms with Crippen molar-refractivity contribution in [2.45, 2.75) is 13.0 Å². The number of hydrogen-bond donors (Lipinski definition) is 2. The molecular weight excluding hydrogens is 303 g/mol. The van der Waals surface area contributed by atoms with Crippen LogP contribution in [-0.2, 0) is 0 Å². The molecule has 0 saturated carbocycles. The molecule has 1 atom stereocenters. The van der Waals surface area contributed by atoms with E-state index in [0.717, 1.165) is 14.9 Å². The number of benzene rings is 1. The largest absolute Gasteiger partial charge is 0.378 e. The number of hydrogen-bond acceptors (Lipinski definition) is 3. The lowest BCUT2D eigenvalue weighted by Crippen LogP contribution is -2.12. The molecule has 1 aromatic carbocycles. The van der Waals surface area contributed by atoms with E-state index >= 15 is 0 Å². The number of primary amides is 1. The number of amides is 1. The van der Waals surface area contributed by atoms with Gasteiger partial charge in [0.2, 0.25) is 5.91 Å². The Morgan fingerprint density at radius 3 is 2.58 bits per heavy atom. The number of halogens is 2. The third-order valence-electron chi connectivity index (χ3n) is 2.64. The summed E-state index contributed by atoms with van der Waals surface area (Å²) in [6.45, 7) is 2.03. The van der Waals surface area contributed by atoms with Gasteiger partial charge in [-0.15, -0.1) is 11.3 Å². The highest BCUT2D eigenvalue weighted by molar-refractivity contribution is 7.16. The van der Waals surface area contributed by atoms with Gasteiger partial charge in [-0.1, -0.05) is 23.2 Å². The summed E-state index contributed by atoms with van der Waals surface area (Å²) in [6, 6.07) is 9.02. The summed E-state index contributed by atoms with van der Waals surface area (Å²) in [4.78, 5) is 12.2. The van der Waals surface area contributed by atoms with Gasteiger partial charge in [0.1, 0.15) is 0 Å². The van der Waals surface area contributed by atoms with Crippen molar-refractivity contribution in [3.63, 3.8) is 0 Å². The molecule has 0 saturated heterocycles. The molecule has 0 aliphatic carbocycles. The van der Waals surface area contributed by atoms with E-state index in [9.17, 15) is 4.79 Å². The maximum atomic E-state index is 11.1. The summed E-state index contributed by atoms with van der Waals surface area (Å²) < 4.78 is 0.755. The molecule has 19 heavy (non-hydrogen) atoms. The molecule has 0 spiro atoms. The van der Waals surface area contributed by atoms with E-state index in [1.807, 2.05) is 19.1 Å². The maximum Gasteiger partial charge on any atom is 0.250 e. The molecule has 0 bridgehead atoms. The van der Waals surface area contributed by atoms with Crippen molar-refractivity contribution in [3.05, 3.63) is 50.1 Å². The van der Waals surface area contributed by atoms with Gasteiger partial charge in [0.05, 0.1) is 21.0 Å². The fourth-order valence-corrected chi connectivity index (χ4v) is 3.02. The molecule has 100 valence electrons. The van der Waals surface area contributed by atoms with Gasteiger partial charge in [-0.2, -0.15) is 0 Å². The predicted octanol–water partition coefficient (Wildman–Crippen LogP) is 4.33. The molecule has 6 heteroatoms. The van der Waals surface area contributed by atoms with Crippen LogP contribution >= 0.6 is 34.5 Å². The third-order valence-corrected chi connectivity index (χ3v) is 4.37. The van der Waals surface area contributed by atoms with Gasteiger partial charge < -0.3 is 11.1 Å². The zero-order chi connectivity index (χ0) is 14.0. The van der Waals surface area contributed by atoms with Gasteiger partial charge >= 0.3 is 0 Å². The van der Waals surface area contributed by atoms with Crippen LogP contribution in [0, 0.1) is 0 Å². The summed E-state index contributed by atoms with van der Waals surface area (Å²) in [5, 5.41) is 3.64. The van der Waals surface area contributed by atoms with E-state index in [4.69, 9.17) is 28.9 Å². The highest BCUT2D eigenvalue weighted by Crippen LogP contribution is 2.30. The van der Waals surface area contributed by atoms with Gasteiger partial charge in [-0.05, 0) is 37.3 Å². The first-order valence-electron chi connectivity index (χ1n) is 5.58. The van der Waals surface area contributed by atoms with Crippen LogP contribution in [0.3, 0.4) is 0 Å². The second kappa shape index (κ2) is 5.82. The van der Waals surface area contributed by atoms with Crippen LogP contribution in [0.5, 0.6) is 0 Å². The van der Waals surface area contributed by atoms with Crippen LogP contribution in [-0.4, -0.2) is 5.91 Å². The first-order valence-corrected chi connectivity index (χ1v) is 7.15. The molecule has 2 rings (SSSR count). The first kappa shape index (κ1) is 14.2. The van der Waals surface area contributed by atoms with Crippen LogP contribution in [0.15, 0.2) is 30.3 Å². The highest BCUT2D eigenvalue weighted by atomic mass is 35.5. The fraction of sp³-hybridized carbons (Fsp3) is 0.154. The molecule has 1 aromatic heterocycles. The van der Waals surface area contributed by atoms with Crippen molar-refractivity contribution in [3.8, 4) is 0 Å².